The second-order valence-electron chi connectivity index (χ2n) is 5.22. The number of amides is 1. The maximum Gasteiger partial charge on any atom is 0.307 e. The SMILES string of the molecule is CCCN(C(=O)Cn1cc([N+](=O)[O-])cn1)C1CCNCC1. The number of hydrogen-bond acceptors (Lipinski definition) is 5. The average Bonchev–Trinajstić information content (AvgIpc) is 2.94. The monoisotopic (exact) mass is 295 g/mol. The molecule has 116 valence electrons. The molecule has 8 heteroatoms. The fourth-order valence-corrected chi connectivity index (χ4v) is 2.63. The minimum atomic E-state index is -0.509. The van der Waals surface area contributed by atoms with Gasteiger partial charge in [-0.1, -0.05) is 6.92 Å². The van der Waals surface area contributed by atoms with Crippen LogP contribution in [0.2, 0.25) is 0 Å². The highest BCUT2D eigenvalue weighted by molar-refractivity contribution is 5.76. The molecule has 2 heterocycles. The lowest BCUT2D eigenvalue weighted by molar-refractivity contribution is -0.385. The molecule has 0 bridgehead atoms. The van der Waals surface area contributed by atoms with E-state index >= 15 is 0 Å². The molecule has 2 rings (SSSR count). The molecule has 0 atom stereocenters. The smallest absolute Gasteiger partial charge is 0.307 e. The molecular formula is C13H21N5O3. The van der Waals surface area contributed by atoms with Crippen molar-refractivity contribution >= 4 is 11.6 Å². The molecule has 1 aromatic rings. The highest BCUT2D eigenvalue weighted by atomic mass is 16.6. The van der Waals surface area contributed by atoms with Crippen LogP contribution in [-0.4, -0.2) is 51.2 Å². The first kappa shape index (κ1) is 15.4. The first-order valence-corrected chi connectivity index (χ1v) is 7.29. The van der Waals surface area contributed by atoms with Crippen LogP contribution in [0.1, 0.15) is 26.2 Å². The molecule has 21 heavy (non-hydrogen) atoms. The fraction of sp³-hybridized carbons (Fsp3) is 0.692. The molecule has 1 fully saturated rings. The summed E-state index contributed by atoms with van der Waals surface area (Å²) in [7, 11) is 0. The van der Waals surface area contributed by atoms with Crippen LogP contribution in [-0.2, 0) is 11.3 Å². The van der Waals surface area contributed by atoms with E-state index in [0.717, 1.165) is 32.4 Å². The number of nitrogens with one attached hydrogen (secondary N) is 1. The first-order valence-electron chi connectivity index (χ1n) is 7.29. The lowest BCUT2D eigenvalue weighted by atomic mass is 10.0. The number of aromatic nitrogens is 2. The Hall–Kier alpha value is -1.96. The van der Waals surface area contributed by atoms with Crippen molar-refractivity contribution in [3.05, 3.63) is 22.5 Å². The number of carbonyl (C=O) groups excluding carboxylic acids is 1. The summed E-state index contributed by atoms with van der Waals surface area (Å²) in [5.74, 6) is -0.0262. The molecule has 1 aliphatic heterocycles. The zero-order valence-corrected chi connectivity index (χ0v) is 12.2. The van der Waals surface area contributed by atoms with E-state index in [2.05, 4.69) is 10.4 Å². The third-order valence-corrected chi connectivity index (χ3v) is 3.66. The third-order valence-electron chi connectivity index (χ3n) is 3.66. The zero-order valence-electron chi connectivity index (χ0n) is 12.2. The largest absolute Gasteiger partial charge is 0.338 e. The quantitative estimate of drug-likeness (QED) is 0.618. The summed E-state index contributed by atoms with van der Waals surface area (Å²) in [4.78, 5) is 24.5. The lowest BCUT2D eigenvalue weighted by Gasteiger charge is -2.34. The molecule has 1 N–H and O–H groups in total. The zero-order chi connectivity index (χ0) is 15.2. The van der Waals surface area contributed by atoms with Crippen molar-refractivity contribution in [1.82, 2.24) is 20.0 Å². The second kappa shape index (κ2) is 7.16. The van der Waals surface area contributed by atoms with Crippen molar-refractivity contribution in [2.75, 3.05) is 19.6 Å². The average molecular weight is 295 g/mol. The Bertz CT molecular complexity index is 496. The van der Waals surface area contributed by atoms with E-state index in [-0.39, 0.29) is 24.2 Å². The van der Waals surface area contributed by atoms with Crippen LogP contribution in [0.25, 0.3) is 0 Å². The van der Waals surface area contributed by atoms with E-state index in [1.54, 1.807) is 0 Å². The molecule has 8 nitrogen and oxygen atoms in total. The maximum atomic E-state index is 12.5. The van der Waals surface area contributed by atoms with Crippen LogP contribution in [0.5, 0.6) is 0 Å². The molecule has 1 aromatic heterocycles. The Morgan fingerprint density at radius 2 is 2.29 bits per heavy atom. The molecule has 1 amide bonds. The number of nitro groups is 1. The van der Waals surface area contributed by atoms with Gasteiger partial charge in [0.15, 0.2) is 0 Å². The minimum Gasteiger partial charge on any atom is -0.338 e. The van der Waals surface area contributed by atoms with E-state index in [0.29, 0.717) is 6.54 Å². The van der Waals surface area contributed by atoms with Crippen molar-refractivity contribution in [1.29, 1.82) is 0 Å². The summed E-state index contributed by atoms with van der Waals surface area (Å²) in [6.07, 6.45) is 5.26. The normalized spacial score (nSPS) is 15.9. The van der Waals surface area contributed by atoms with Gasteiger partial charge >= 0.3 is 5.69 Å². The molecular weight excluding hydrogens is 274 g/mol. The first-order chi connectivity index (χ1) is 10.1. The van der Waals surface area contributed by atoms with Crippen molar-refractivity contribution in [3.63, 3.8) is 0 Å². The van der Waals surface area contributed by atoms with Crippen LogP contribution in [0.3, 0.4) is 0 Å². The van der Waals surface area contributed by atoms with Crippen LogP contribution >= 0.6 is 0 Å². The molecule has 0 spiro atoms. The van der Waals surface area contributed by atoms with Crippen molar-refractivity contribution < 1.29 is 9.72 Å². The summed E-state index contributed by atoms with van der Waals surface area (Å²) in [5, 5.41) is 17.8. The standard InChI is InChI=1S/C13H21N5O3/c1-2-7-17(11-3-5-14-6-4-11)13(19)10-16-9-12(8-15-16)18(20)21/h8-9,11,14H,2-7,10H2,1H3. The van der Waals surface area contributed by atoms with Crippen molar-refractivity contribution in [3.8, 4) is 0 Å². The van der Waals surface area contributed by atoms with E-state index in [9.17, 15) is 14.9 Å². The van der Waals surface area contributed by atoms with Crippen LogP contribution < -0.4 is 5.32 Å². The number of carbonyl (C=O) groups is 1. The lowest BCUT2D eigenvalue weighted by Crippen LogP contribution is -2.47. The molecule has 0 radical (unpaired) electrons. The van der Waals surface area contributed by atoms with Gasteiger partial charge in [0.2, 0.25) is 5.91 Å². The second-order valence-corrected chi connectivity index (χ2v) is 5.22. The van der Waals surface area contributed by atoms with Gasteiger partial charge in [-0.3, -0.25) is 19.6 Å². The van der Waals surface area contributed by atoms with Gasteiger partial charge in [0, 0.05) is 12.6 Å². The molecule has 1 aliphatic rings. The topological polar surface area (TPSA) is 93.3 Å². The Kier molecular flexibility index (Phi) is 5.26. The molecule has 0 unspecified atom stereocenters. The Labute approximate surface area is 123 Å². The number of hydrogen-bond donors (Lipinski definition) is 1. The summed E-state index contributed by atoms with van der Waals surface area (Å²) < 4.78 is 1.34. The van der Waals surface area contributed by atoms with Gasteiger partial charge in [-0.25, -0.2) is 0 Å². The van der Waals surface area contributed by atoms with E-state index in [4.69, 9.17) is 0 Å². The van der Waals surface area contributed by atoms with Gasteiger partial charge in [0.25, 0.3) is 0 Å². The van der Waals surface area contributed by atoms with Crippen LogP contribution in [0.4, 0.5) is 5.69 Å². The minimum absolute atomic E-state index is 0.0262. The number of nitrogens with zero attached hydrogens (tertiary/aromatic N) is 4. The highest BCUT2D eigenvalue weighted by Gasteiger charge is 2.25. The summed E-state index contributed by atoms with van der Waals surface area (Å²) in [5.41, 5.74) is -0.0910. The van der Waals surface area contributed by atoms with Gasteiger partial charge in [0.1, 0.15) is 18.9 Å². The van der Waals surface area contributed by atoms with E-state index < -0.39 is 4.92 Å². The Balaban J connectivity index is 2.01. The van der Waals surface area contributed by atoms with Gasteiger partial charge in [-0.05, 0) is 32.4 Å². The van der Waals surface area contributed by atoms with Gasteiger partial charge < -0.3 is 10.2 Å². The number of piperidine rings is 1. The van der Waals surface area contributed by atoms with Gasteiger partial charge in [-0.15, -0.1) is 0 Å². The fourth-order valence-electron chi connectivity index (χ4n) is 2.63. The Morgan fingerprint density at radius 1 is 1.57 bits per heavy atom. The summed E-state index contributed by atoms with van der Waals surface area (Å²) in [6.45, 7) is 4.65. The van der Waals surface area contributed by atoms with Crippen molar-refractivity contribution in [2.45, 2.75) is 38.8 Å². The van der Waals surface area contributed by atoms with Crippen molar-refractivity contribution in [2.24, 2.45) is 0 Å². The number of rotatable bonds is 6. The predicted molar refractivity (Wildman–Crippen MR) is 76.8 cm³/mol. The Morgan fingerprint density at radius 3 is 2.86 bits per heavy atom. The summed E-state index contributed by atoms with van der Waals surface area (Å²) >= 11 is 0. The molecule has 0 saturated carbocycles. The van der Waals surface area contributed by atoms with E-state index in [1.165, 1.54) is 17.1 Å². The molecule has 1 saturated heterocycles. The molecule has 0 aliphatic carbocycles. The summed E-state index contributed by atoms with van der Waals surface area (Å²) in [6, 6.07) is 0.254. The van der Waals surface area contributed by atoms with Crippen LogP contribution in [0.15, 0.2) is 12.4 Å². The molecule has 0 aromatic carbocycles. The predicted octanol–water partition coefficient (Wildman–Crippen LogP) is 0.782. The van der Waals surface area contributed by atoms with E-state index in [1.807, 2.05) is 11.8 Å². The highest BCUT2D eigenvalue weighted by Crippen LogP contribution is 2.14. The van der Waals surface area contributed by atoms with Crippen LogP contribution in [0, 0.1) is 10.1 Å². The third kappa shape index (κ3) is 4.01. The van der Waals surface area contributed by atoms with Gasteiger partial charge in [-0.2, -0.15) is 5.10 Å². The van der Waals surface area contributed by atoms with Gasteiger partial charge in [0.05, 0.1) is 4.92 Å². The maximum absolute atomic E-state index is 12.5.